The van der Waals surface area contributed by atoms with E-state index < -0.39 is 28.1 Å². The number of aryl methyl sites for hydroxylation is 2. The lowest BCUT2D eigenvalue weighted by Crippen LogP contribution is -2.53. The number of ether oxygens (including phenoxy) is 1. The van der Waals surface area contributed by atoms with Crippen LogP contribution in [0.5, 0.6) is 0 Å². The maximum atomic E-state index is 13.3. The molecule has 0 radical (unpaired) electrons. The van der Waals surface area contributed by atoms with Crippen molar-refractivity contribution in [3.8, 4) is 0 Å². The first kappa shape index (κ1) is 22.9. The molecule has 1 saturated heterocycles. The largest absolute Gasteiger partial charge is 0.360 e. The third-order valence-electron chi connectivity index (χ3n) is 4.90. The lowest BCUT2D eigenvalue weighted by Gasteiger charge is -2.35. The highest BCUT2D eigenvalue weighted by Crippen LogP contribution is 2.25. The average molecular weight is 447 g/mol. The molecule has 0 aliphatic carbocycles. The summed E-state index contributed by atoms with van der Waals surface area (Å²) in [4.78, 5) is 28.4. The normalized spacial score (nSPS) is 17.2. The average Bonchev–Trinajstić information content (AvgIpc) is 2.78. The fraction of sp³-hybridized carbons (Fsp3) is 0.381. The minimum absolute atomic E-state index is 0.136. The van der Waals surface area contributed by atoms with Crippen LogP contribution in [0.3, 0.4) is 0 Å². The third-order valence-corrected chi connectivity index (χ3v) is 6.93. The zero-order valence-corrected chi connectivity index (χ0v) is 18.3. The first-order chi connectivity index (χ1) is 14.8. The molecule has 2 amide bonds. The molecule has 1 unspecified atom stereocenters. The van der Waals surface area contributed by atoms with Crippen LogP contribution in [0, 0.1) is 13.8 Å². The van der Waals surface area contributed by atoms with Crippen LogP contribution in [-0.2, 0) is 30.9 Å². The molecule has 1 aliphatic heterocycles. The minimum atomic E-state index is -3.83. The number of pyridine rings is 1. The van der Waals surface area contributed by atoms with Crippen LogP contribution in [0.4, 0.5) is 0 Å². The van der Waals surface area contributed by atoms with Gasteiger partial charge in [-0.05, 0) is 49.1 Å². The van der Waals surface area contributed by atoms with Crippen molar-refractivity contribution in [2.24, 2.45) is 0 Å². The molecule has 1 atom stereocenters. The van der Waals surface area contributed by atoms with Gasteiger partial charge in [-0.2, -0.15) is 4.31 Å². The summed E-state index contributed by atoms with van der Waals surface area (Å²) >= 11 is 0. The molecule has 1 aromatic carbocycles. The lowest BCUT2D eigenvalue weighted by atomic mass is 10.2. The summed E-state index contributed by atoms with van der Waals surface area (Å²) in [6, 6.07) is 8.74. The van der Waals surface area contributed by atoms with E-state index in [2.05, 4.69) is 15.6 Å². The Morgan fingerprint density at radius 1 is 1.19 bits per heavy atom. The Bertz CT molecular complexity index is 1040. The molecule has 31 heavy (non-hydrogen) atoms. The van der Waals surface area contributed by atoms with Gasteiger partial charge in [-0.15, -0.1) is 0 Å². The summed E-state index contributed by atoms with van der Waals surface area (Å²) in [5, 5.41) is 4.97. The Labute approximate surface area is 181 Å². The van der Waals surface area contributed by atoms with Crippen molar-refractivity contribution in [1.82, 2.24) is 19.9 Å². The van der Waals surface area contributed by atoms with E-state index in [0.29, 0.717) is 18.6 Å². The van der Waals surface area contributed by atoms with Gasteiger partial charge in [0.1, 0.15) is 6.23 Å². The van der Waals surface area contributed by atoms with Crippen LogP contribution in [0.15, 0.2) is 47.6 Å². The highest BCUT2D eigenvalue weighted by molar-refractivity contribution is 7.89. The van der Waals surface area contributed by atoms with Gasteiger partial charge in [-0.3, -0.25) is 14.6 Å². The molecule has 166 valence electrons. The van der Waals surface area contributed by atoms with E-state index in [1.807, 2.05) is 13.0 Å². The van der Waals surface area contributed by atoms with Crippen LogP contribution >= 0.6 is 0 Å². The van der Waals surface area contributed by atoms with E-state index in [-0.39, 0.29) is 24.5 Å². The second-order valence-electron chi connectivity index (χ2n) is 7.32. The molecule has 1 fully saturated rings. The van der Waals surface area contributed by atoms with Crippen LogP contribution < -0.4 is 10.6 Å². The standard InChI is InChI=1S/C21H26N4O5S/c1-15-6-7-16(2)18(11-15)31(28,29)25-9-4-10-30-19(25)14-24-21(27)20(26)23-13-17-5-3-8-22-12-17/h3,5-8,11-12,19H,4,9-10,13-14H2,1-2H3,(H,23,26)(H,24,27). The number of nitrogens with zero attached hydrogens (tertiary/aromatic N) is 2. The van der Waals surface area contributed by atoms with Crippen LogP contribution in [0.2, 0.25) is 0 Å². The van der Waals surface area contributed by atoms with E-state index in [0.717, 1.165) is 11.1 Å². The molecule has 1 aromatic heterocycles. The maximum Gasteiger partial charge on any atom is 0.309 e. The van der Waals surface area contributed by atoms with E-state index >= 15 is 0 Å². The SMILES string of the molecule is Cc1ccc(C)c(S(=O)(=O)N2CCCOC2CNC(=O)C(=O)NCc2cccnc2)c1. The van der Waals surface area contributed by atoms with Gasteiger partial charge in [0.05, 0.1) is 18.0 Å². The Kier molecular flexibility index (Phi) is 7.37. The monoisotopic (exact) mass is 446 g/mol. The molecule has 2 aromatic rings. The number of hydrogen-bond acceptors (Lipinski definition) is 6. The van der Waals surface area contributed by atoms with Gasteiger partial charge in [-0.25, -0.2) is 8.42 Å². The molecular formula is C21H26N4O5S. The molecule has 3 rings (SSSR count). The molecule has 1 aliphatic rings. The fourth-order valence-electron chi connectivity index (χ4n) is 3.24. The zero-order valence-electron chi connectivity index (χ0n) is 17.5. The molecule has 0 saturated carbocycles. The van der Waals surface area contributed by atoms with Crippen LogP contribution in [-0.4, -0.2) is 55.4 Å². The Morgan fingerprint density at radius 2 is 1.97 bits per heavy atom. The fourth-order valence-corrected chi connectivity index (χ4v) is 5.12. The smallest absolute Gasteiger partial charge is 0.309 e. The van der Waals surface area contributed by atoms with E-state index in [1.165, 1.54) is 4.31 Å². The quantitative estimate of drug-likeness (QED) is 0.636. The minimum Gasteiger partial charge on any atom is -0.360 e. The highest BCUT2D eigenvalue weighted by atomic mass is 32.2. The van der Waals surface area contributed by atoms with Crippen molar-refractivity contribution >= 4 is 21.8 Å². The van der Waals surface area contributed by atoms with Gasteiger partial charge in [-0.1, -0.05) is 18.2 Å². The second kappa shape index (κ2) is 9.99. The molecular weight excluding hydrogens is 420 g/mol. The summed E-state index contributed by atoms with van der Waals surface area (Å²) in [6.07, 6.45) is 2.85. The summed E-state index contributed by atoms with van der Waals surface area (Å²) in [5.74, 6) is -1.68. The molecule has 2 heterocycles. The number of benzene rings is 1. The second-order valence-corrected chi connectivity index (χ2v) is 9.18. The number of sulfonamides is 1. The zero-order chi connectivity index (χ0) is 22.4. The molecule has 10 heteroatoms. The molecule has 0 spiro atoms. The molecule has 2 N–H and O–H groups in total. The number of nitrogens with one attached hydrogen (secondary N) is 2. The van der Waals surface area contributed by atoms with Crippen LogP contribution in [0.25, 0.3) is 0 Å². The topological polar surface area (TPSA) is 118 Å². The van der Waals surface area contributed by atoms with Gasteiger partial charge in [0.25, 0.3) is 0 Å². The van der Waals surface area contributed by atoms with E-state index in [1.54, 1.807) is 43.6 Å². The first-order valence-electron chi connectivity index (χ1n) is 9.94. The van der Waals surface area contributed by atoms with Gasteiger partial charge in [0, 0.05) is 25.5 Å². The van der Waals surface area contributed by atoms with Gasteiger partial charge < -0.3 is 15.4 Å². The van der Waals surface area contributed by atoms with Gasteiger partial charge >= 0.3 is 11.8 Å². The van der Waals surface area contributed by atoms with Crippen molar-refractivity contribution in [3.63, 3.8) is 0 Å². The number of amides is 2. The Hall–Kier alpha value is -2.82. The highest BCUT2D eigenvalue weighted by Gasteiger charge is 2.35. The van der Waals surface area contributed by atoms with E-state index in [4.69, 9.17) is 4.74 Å². The number of aromatic nitrogens is 1. The van der Waals surface area contributed by atoms with Crippen molar-refractivity contribution in [2.75, 3.05) is 19.7 Å². The number of rotatable bonds is 6. The Balaban J connectivity index is 1.63. The number of carbonyl (C=O) groups is 2. The molecule has 9 nitrogen and oxygen atoms in total. The number of hydrogen-bond donors (Lipinski definition) is 2. The van der Waals surface area contributed by atoms with Gasteiger partial charge in [0.15, 0.2) is 0 Å². The summed E-state index contributed by atoms with van der Waals surface area (Å²) < 4.78 is 33.4. The van der Waals surface area contributed by atoms with E-state index in [9.17, 15) is 18.0 Å². The predicted octanol–water partition coefficient (Wildman–Crippen LogP) is 0.868. The van der Waals surface area contributed by atoms with Gasteiger partial charge in [0.2, 0.25) is 10.0 Å². The summed E-state index contributed by atoms with van der Waals surface area (Å²) in [5.41, 5.74) is 2.22. The Morgan fingerprint density at radius 3 is 2.71 bits per heavy atom. The van der Waals surface area contributed by atoms with Crippen molar-refractivity contribution in [2.45, 2.75) is 37.9 Å². The first-order valence-corrected chi connectivity index (χ1v) is 11.4. The van der Waals surface area contributed by atoms with Crippen molar-refractivity contribution < 1.29 is 22.7 Å². The lowest BCUT2D eigenvalue weighted by molar-refractivity contribution is -0.140. The summed E-state index contributed by atoms with van der Waals surface area (Å²) in [6.45, 7) is 4.22. The number of carbonyl (C=O) groups excluding carboxylic acids is 2. The molecule has 0 bridgehead atoms. The summed E-state index contributed by atoms with van der Waals surface area (Å²) in [7, 11) is -3.83. The van der Waals surface area contributed by atoms with Crippen LogP contribution in [0.1, 0.15) is 23.1 Å². The van der Waals surface area contributed by atoms with Crippen molar-refractivity contribution in [3.05, 3.63) is 59.4 Å². The maximum absolute atomic E-state index is 13.3. The predicted molar refractivity (Wildman–Crippen MR) is 113 cm³/mol. The van der Waals surface area contributed by atoms with Crippen molar-refractivity contribution in [1.29, 1.82) is 0 Å². The third kappa shape index (κ3) is 5.66.